The number of hydrogen-bond donors (Lipinski definition) is 20. The molecule has 25 N–H and O–H groups in total. The zero-order valence-electron chi connectivity index (χ0n) is 51.5. The summed E-state index contributed by atoms with van der Waals surface area (Å²) in [7, 11) is -4.67. The third-order valence-corrected chi connectivity index (χ3v) is 13.7. The molecule has 0 spiro atoms. The molecule has 11 amide bonds. The topological polar surface area (TPSA) is 565 Å². The Kier molecular flexibility index (Phi) is 39.6. The molecule has 34 heteroatoms. The largest absolute Gasteiger partial charge is 0.394 e. The Bertz CT molecular complexity index is 2310. The smallest absolute Gasteiger partial charge is 0.391 e. The van der Waals surface area contributed by atoms with Crippen LogP contribution < -0.4 is 87.2 Å². The maximum absolute atomic E-state index is 14.4. The summed E-state index contributed by atoms with van der Waals surface area (Å²) in [5, 5.41) is 49.5. The summed E-state index contributed by atoms with van der Waals surface area (Å²) in [4.78, 5) is 153. The summed E-state index contributed by atoms with van der Waals surface area (Å²) in [5.74, 6) is -9.49. The lowest BCUT2D eigenvalue weighted by Crippen LogP contribution is -2.62. The summed E-state index contributed by atoms with van der Waals surface area (Å²) in [6, 6.07) is -14.5. The zero-order chi connectivity index (χ0) is 66.7. The highest BCUT2D eigenvalue weighted by molar-refractivity contribution is 7.79. The number of carbonyl (C=O) groups excluding carboxylic acids is 11. The number of aliphatic hydroxyl groups excluding tert-OH is 2. The van der Waals surface area contributed by atoms with Gasteiger partial charge in [0.1, 0.15) is 60.4 Å². The Morgan fingerprint density at radius 3 is 1.36 bits per heavy atom. The van der Waals surface area contributed by atoms with Gasteiger partial charge in [0.05, 0.1) is 12.2 Å². The van der Waals surface area contributed by atoms with Crippen LogP contribution in [0.4, 0.5) is 0 Å². The summed E-state index contributed by atoms with van der Waals surface area (Å²) in [6.45, 7) is 12.6. The lowest BCUT2D eigenvalue weighted by Gasteiger charge is -2.29. The van der Waals surface area contributed by atoms with Gasteiger partial charge in [0, 0.05) is 13.0 Å². The molecule has 1 heterocycles. The number of rotatable bonds is 29. The maximum atomic E-state index is 14.4. The van der Waals surface area contributed by atoms with Crippen molar-refractivity contribution in [2.24, 2.45) is 46.4 Å². The molecule has 1 aliphatic rings. The Hall–Kier alpha value is -6.24. The van der Waals surface area contributed by atoms with Gasteiger partial charge < -0.3 is 97.4 Å². The fourth-order valence-electron chi connectivity index (χ4n) is 8.76. The van der Waals surface area contributed by atoms with Crippen LogP contribution in [0.15, 0.2) is 0 Å². The molecule has 1 fully saturated rings. The van der Waals surface area contributed by atoms with Crippen LogP contribution in [-0.4, -0.2) is 205 Å². The van der Waals surface area contributed by atoms with Crippen molar-refractivity contribution < 1.29 is 80.5 Å². The van der Waals surface area contributed by atoms with Gasteiger partial charge in [-0.2, -0.15) is 8.42 Å². The zero-order valence-corrected chi connectivity index (χ0v) is 52.3. The summed E-state index contributed by atoms with van der Waals surface area (Å²) < 4.78 is 31.6. The lowest BCUT2D eigenvalue weighted by molar-refractivity contribution is -0.137. The quantitative estimate of drug-likeness (QED) is 0.0245. The number of amides is 11. The van der Waals surface area contributed by atoms with Crippen LogP contribution in [-0.2, 0) is 63.1 Å². The van der Waals surface area contributed by atoms with Crippen molar-refractivity contribution in [2.45, 2.75) is 211 Å². The van der Waals surface area contributed by atoms with Gasteiger partial charge in [-0.05, 0) is 122 Å². The van der Waals surface area contributed by atoms with E-state index in [0.29, 0.717) is 12.3 Å². The molecule has 0 saturated carbocycles. The SMILES string of the molecule is CC[C@@H](C)CCCCC(=O)N[C@@H](CCN)C(=O)N[C@H](C(=O)N[C@@H](CCN)C(=O)N[C@H]1CCNC(=O)[C@H]([C@@H](C)O)NC(=O)[C@H](CCN)NC(=O)[C@H](CCN)NC(=O)[C@H](CC(C)C)NC(=O)[C@@H](CC(C)C)NC(=O)[C@H](CCN)NC1=O)[C@@H](C)O.O=S(=O)(O)O. The molecule has 0 aromatic heterocycles. The minimum Gasteiger partial charge on any atom is -0.391 e. The molecule has 0 unspecified atom stereocenters. The minimum absolute atomic E-state index is 0.0131. The number of nitrogens with two attached hydrogens (primary N) is 5. The van der Waals surface area contributed by atoms with Crippen LogP contribution in [0.1, 0.15) is 139 Å². The summed E-state index contributed by atoms with van der Waals surface area (Å²) >= 11 is 0. The lowest BCUT2D eigenvalue weighted by atomic mass is 9.99. The average molecular weight is 1270 g/mol. The fourth-order valence-corrected chi connectivity index (χ4v) is 8.76. The molecule has 13 atom stereocenters. The molecule has 0 aromatic carbocycles. The highest BCUT2D eigenvalue weighted by atomic mass is 32.3. The molecule has 33 nitrogen and oxygen atoms in total. The van der Waals surface area contributed by atoms with Crippen molar-refractivity contribution in [1.82, 2.24) is 58.5 Å². The van der Waals surface area contributed by atoms with E-state index in [-0.39, 0.29) is 95.9 Å². The third kappa shape index (κ3) is 33.6. The number of nitrogens with one attached hydrogen (secondary N) is 11. The molecular weight excluding hydrogens is 1160 g/mol. The van der Waals surface area contributed by atoms with Crippen LogP contribution in [0, 0.1) is 17.8 Å². The van der Waals surface area contributed by atoms with Crippen molar-refractivity contribution in [3.05, 3.63) is 0 Å². The molecular formula is C53H102N16O17S. The average Bonchev–Trinajstić information content (AvgIpc) is 2.81. The Balaban J connectivity index is 0.0000141. The number of aliphatic hydroxyl groups is 2. The van der Waals surface area contributed by atoms with E-state index in [0.717, 1.165) is 19.3 Å². The van der Waals surface area contributed by atoms with Crippen LogP contribution in [0.5, 0.6) is 0 Å². The number of carbonyl (C=O) groups is 11. The van der Waals surface area contributed by atoms with Crippen LogP contribution in [0.2, 0.25) is 0 Å². The van der Waals surface area contributed by atoms with Crippen molar-refractivity contribution in [3.63, 3.8) is 0 Å². The molecule has 1 saturated heterocycles. The Morgan fingerprint density at radius 2 is 0.954 bits per heavy atom. The molecule has 0 aliphatic carbocycles. The predicted octanol–water partition coefficient (Wildman–Crippen LogP) is -6.09. The molecule has 87 heavy (non-hydrogen) atoms. The molecule has 0 radical (unpaired) electrons. The van der Waals surface area contributed by atoms with Crippen LogP contribution in [0.3, 0.4) is 0 Å². The molecule has 0 bridgehead atoms. The van der Waals surface area contributed by atoms with Crippen LogP contribution in [0.25, 0.3) is 0 Å². The standard InChI is InChI=1S/C53H100N16O13.H2O4S/c1-9-30(6)12-10-11-13-41(72)60-33(14-20-54)48(77)69-43(32(8)71)53(82)65-36(17-23-57)45(74)64-38-19-25-59-52(81)42(31(7)70)68-49(78)37(18-24-58)62-44(73)34(15-21-55)63-50(79)39(26-28(2)3)67-51(80)40(27-29(4)5)66-46(75)35(16-22-56)61-47(38)76;1-5(2,3)4/h28-40,42-43,70-71H,9-27,54-58H2,1-8H3,(H,59,81)(H,60,72)(H,61,76)(H,62,73)(H,63,79)(H,64,74)(H,65,82)(H,66,75)(H,67,80)(H,68,78)(H,69,77);(H2,1,2,3,4)/t30-,31-,32-,33+,34+,35+,36+,37+,38+,39+,40-,42+,43+;/m1./s1. The van der Waals surface area contributed by atoms with Crippen molar-refractivity contribution in [1.29, 1.82) is 0 Å². The van der Waals surface area contributed by atoms with E-state index in [1.165, 1.54) is 13.8 Å². The van der Waals surface area contributed by atoms with Gasteiger partial charge >= 0.3 is 10.4 Å². The van der Waals surface area contributed by atoms with E-state index in [9.17, 15) is 63.0 Å². The second-order valence-electron chi connectivity index (χ2n) is 22.4. The first kappa shape index (κ1) is 80.8. The highest BCUT2D eigenvalue weighted by Crippen LogP contribution is 2.14. The molecule has 1 aliphatic heterocycles. The molecule has 502 valence electrons. The third-order valence-electron chi connectivity index (χ3n) is 13.7. The Labute approximate surface area is 509 Å². The summed E-state index contributed by atoms with van der Waals surface area (Å²) in [6.07, 6.45) is -0.760. The van der Waals surface area contributed by atoms with Crippen LogP contribution >= 0.6 is 0 Å². The predicted molar refractivity (Wildman–Crippen MR) is 320 cm³/mol. The summed E-state index contributed by atoms with van der Waals surface area (Å²) in [5.41, 5.74) is 29.2. The number of hydrogen-bond acceptors (Lipinski definition) is 20. The van der Waals surface area contributed by atoms with Gasteiger partial charge in [-0.25, -0.2) is 0 Å². The van der Waals surface area contributed by atoms with Crippen molar-refractivity contribution in [2.75, 3.05) is 39.3 Å². The van der Waals surface area contributed by atoms with E-state index in [1.807, 2.05) is 0 Å². The second-order valence-corrected chi connectivity index (χ2v) is 23.3. The number of unbranched alkanes of at least 4 members (excludes halogenated alkanes) is 1. The van der Waals surface area contributed by atoms with Gasteiger partial charge in [0.2, 0.25) is 65.0 Å². The first-order valence-electron chi connectivity index (χ1n) is 29.5. The van der Waals surface area contributed by atoms with E-state index in [4.69, 9.17) is 46.2 Å². The van der Waals surface area contributed by atoms with E-state index >= 15 is 0 Å². The monoisotopic (exact) mass is 1270 g/mol. The van der Waals surface area contributed by atoms with Crippen molar-refractivity contribution in [3.8, 4) is 0 Å². The molecule has 0 aromatic rings. The van der Waals surface area contributed by atoms with Gasteiger partial charge in [0.25, 0.3) is 0 Å². The fraction of sp³-hybridized carbons (Fsp3) is 0.792. The van der Waals surface area contributed by atoms with E-state index < -0.39 is 161 Å². The van der Waals surface area contributed by atoms with Gasteiger partial charge in [-0.15, -0.1) is 0 Å². The maximum Gasteiger partial charge on any atom is 0.394 e. The molecule has 1 rings (SSSR count). The van der Waals surface area contributed by atoms with Crippen molar-refractivity contribution >= 4 is 75.4 Å². The van der Waals surface area contributed by atoms with E-state index in [2.05, 4.69) is 72.3 Å². The second kappa shape index (κ2) is 42.6. The van der Waals surface area contributed by atoms with Gasteiger partial charge in [-0.1, -0.05) is 60.8 Å². The highest BCUT2D eigenvalue weighted by Gasteiger charge is 2.37. The minimum atomic E-state index is -4.67. The van der Waals surface area contributed by atoms with Gasteiger partial charge in [-0.3, -0.25) is 61.8 Å². The first-order chi connectivity index (χ1) is 40.7. The first-order valence-corrected chi connectivity index (χ1v) is 30.9. The Morgan fingerprint density at radius 1 is 0.540 bits per heavy atom. The van der Waals surface area contributed by atoms with E-state index in [1.54, 1.807) is 27.7 Å². The normalized spacial score (nSPS) is 22.7. The van der Waals surface area contributed by atoms with Gasteiger partial charge in [0.15, 0.2) is 0 Å².